The molecule has 1 amide bonds. The predicted molar refractivity (Wildman–Crippen MR) is 111 cm³/mol. The summed E-state index contributed by atoms with van der Waals surface area (Å²) in [6, 6.07) is 7.37. The molecule has 1 N–H and O–H groups in total. The van der Waals surface area contributed by atoms with Crippen LogP contribution in [0.25, 0.3) is 11.8 Å². The van der Waals surface area contributed by atoms with E-state index >= 15 is 0 Å². The van der Waals surface area contributed by atoms with Gasteiger partial charge in [0.05, 0.1) is 7.11 Å². The largest absolute Gasteiger partial charge is 0.497 e. The molecule has 0 fully saturated rings. The fourth-order valence-electron chi connectivity index (χ4n) is 2.66. The van der Waals surface area contributed by atoms with Crippen molar-refractivity contribution in [2.24, 2.45) is 0 Å². The summed E-state index contributed by atoms with van der Waals surface area (Å²) in [6.07, 6.45) is 5.91. The maximum atomic E-state index is 13.0. The second kappa shape index (κ2) is 9.87. The van der Waals surface area contributed by atoms with Gasteiger partial charge in [0.1, 0.15) is 16.5 Å². The zero-order chi connectivity index (χ0) is 20.6. The lowest BCUT2D eigenvalue weighted by Gasteiger charge is -2.08. The van der Waals surface area contributed by atoms with Gasteiger partial charge in [-0.3, -0.25) is 10.1 Å². The van der Waals surface area contributed by atoms with E-state index < -0.39 is 0 Å². The minimum Gasteiger partial charge on any atom is -0.497 e. The van der Waals surface area contributed by atoms with Crippen LogP contribution in [-0.2, 0) is 11.2 Å². The number of tetrazole rings is 1. The van der Waals surface area contributed by atoms with E-state index in [0.717, 1.165) is 36.3 Å². The maximum absolute atomic E-state index is 13.0. The molecule has 0 radical (unpaired) electrons. The number of carbonyl (C=O) groups is 1. The molecule has 2 aromatic heterocycles. The number of hydrogen-bond donors (Lipinski definition) is 1. The van der Waals surface area contributed by atoms with Crippen LogP contribution in [0, 0.1) is 6.92 Å². The first-order valence-electron chi connectivity index (χ1n) is 9.35. The van der Waals surface area contributed by atoms with Crippen molar-refractivity contribution in [1.82, 2.24) is 30.4 Å². The van der Waals surface area contributed by atoms with Gasteiger partial charge in [-0.2, -0.15) is 4.68 Å². The summed E-state index contributed by atoms with van der Waals surface area (Å²) in [5.74, 6) is 0.805. The van der Waals surface area contributed by atoms with Crippen LogP contribution < -0.4 is 10.1 Å². The lowest BCUT2D eigenvalue weighted by molar-refractivity contribution is -0.111. The molecule has 2 heterocycles. The molecule has 0 saturated carbocycles. The normalized spacial score (nSPS) is 11.5. The molecule has 10 heteroatoms. The molecule has 3 aromatic rings. The standard InChI is InChI=1S/C19H23N7O2S/c1-4-5-6-10-17-22-23-19(29-17)20-18(27)16(26-13(2)21-24-25-26)12-14-8-7-9-15(11-14)28-3/h7-9,11-12H,4-6,10H2,1-3H3,(H,20,23,27)/b16-12-. The lowest BCUT2D eigenvalue weighted by atomic mass is 10.1. The van der Waals surface area contributed by atoms with Crippen molar-refractivity contribution in [2.75, 3.05) is 12.4 Å². The second-order valence-electron chi connectivity index (χ2n) is 6.36. The van der Waals surface area contributed by atoms with Gasteiger partial charge in [0.2, 0.25) is 5.13 Å². The van der Waals surface area contributed by atoms with Crippen LogP contribution in [0.4, 0.5) is 5.13 Å². The second-order valence-corrected chi connectivity index (χ2v) is 7.42. The van der Waals surface area contributed by atoms with Crippen molar-refractivity contribution in [1.29, 1.82) is 0 Å². The van der Waals surface area contributed by atoms with E-state index in [0.29, 0.717) is 16.7 Å². The van der Waals surface area contributed by atoms with Crippen LogP contribution in [0.2, 0.25) is 0 Å². The molecule has 9 nitrogen and oxygen atoms in total. The summed E-state index contributed by atoms with van der Waals surface area (Å²) in [6.45, 7) is 3.88. The van der Waals surface area contributed by atoms with Gasteiger partial charge in [-0.05, 0) is 47.5 Å². The van der Waals surface area contributed by atoms with E-state index in [9.17, 15) is 4.79 Å². The van der Waals surface area contributed by atoms with Crippen molar-refractivity contribution in [2.45, 2.75) is 39.5 Å². The molecule has 0 bridgehead atoms. The number of methoxy groups -OCH3 is 1. The molecule has 152 valence electrons. The van der Waals surface area contributed by atoms with Gasteiger partial charge in [0.25, 0.3) is 5.91 Å². The number of unbranched alkanes of at least 4 members (excludes halogenated alkanes) is 2. The first-order chi connectivity index (χ1) is 14.1. The highest BCUT2D eigenvalue weighted by Gasteiger charge is 2.18. The van der Waals surface area contributed by atoms with E-state index in [-0.39, 0.29) is 11.6 Å². The molecule has 0 saturated heterocycles. The summed E-state index contributed by atoms with van der Waals surface area (Å²) >= 11 is 1.38. The molecule has 0 spiro atoms. The van der Waals surface area contributed by atoms with Crippen molar-refractivity contribution < 1.29 is 9.53 Å². The quantitative estimate of drug-likeness (QED) is 0.424. The van der Waals surface area contributed by atoms with Gasteiger partial charge in [-0.15, -0.1) is 15.3 Å². The Balaban J connectivity index is 1.84. The summed E-state index contributed by atoms with van der Waals surface area (Å²) in [5, 5.41) is 23.9. The van der Waals surface area contributed by atoms with Gasteiger partial charge < -0.3 is 4.74 Å². The molecule has 0 aliphatic carbocycles. The minimum absolute atomic E-state index is 0.267. The smallest absolute Gasteiger partial charge is 0.276 e. The number of aromatic nitrogens is 6. The van der Waals surface area contributed by atoms with Crippen LogP contribution in [0.15, 0.2) is 24.3 Å². The summed E-state index contributed by atoms with van der Waals surface area (Å²) in [7, 11) is 1.59. The maximum Gasteiger partial charge on any atom is 0.276 e. The van der Waals surface area contributed by atoms with E-state index in [1.165, 1.54) is 16.0 Å². The average molecular weight is 414 g/mol. The van der Waals surface area contributed by atoms with Crippen molar-refractivity contribution in [3.05, 3.63) is 40.7 Å². The molecule has 0 aliphatic rings. The molecule has 0 aliphatic heterocycles. The molecular formula is C19H23N7O2S. The van der Waals surface area contributed by atoms with E-state index in [4.69, 9.17) is 4.74 Å². The third kappa shape index (κ3) is 5.44. The lowest BCUT2D eigenvalue weighted by Crippen LogP contribution is -2.19. The van der Waals surface area contributed by atoms with Crippen LogP contribution >= 0.6 is 11.3 Å². The van der Waals surface area contributed by atoms with Gasteiger partial charge >= 0.3 is 0 Å². The van der Waals surface area contributed by atoms with Crippen molar-refractivity contribution in [3.63, 3.8) is 0 Å². The zero-order valence-corrected chi connectivity index (χ0v) is 17.4. The Morgan fingerprint density at radius 2 is 2.14 bits per heavy atom. The number of anilines is 1. The van der Waals surface area contributed by atoms with Gasteiger partial charge in [-0.25, -0.2) is 0 Å². The fourth-order valence-corrected chi connectivity index (χ4v) is 3.44. The molecule has 29 heavy (non-hydrogen) atoms. The molecule has 1 aromatic carbocycles. The number of carbonyl (C=O) groups excluding carboxylic acids is 1. The Morgan fingerprint density at radius 1 is 1.28 bits per heavy atom. The Morgan fingerprint density at radius 3 is 2.86 bits per heavy atom. The van der Waals surface area contributed by atoms with E-state index in [1.807, 2.05) is 24.3 Å². The van der Waals surface area contributed by atoms with Crippen LogP contribution in [0.5, 0.6) is 5.75 Å². The SMILES string of the molecule is CCCCCc1nnc(NC(=O)/C(=C/c2cccc(OC)c2)n2nnnc2C)s1. The number of amides is 1. The molecule has 0 atom stereocenters. The summed E-state index contributed by atoms with van der Waals surface area (Å²) < 4.78 is 6.64. The number of hydrogen-bond acceptors (Lipinski definition) is 8. The van der Waals surface area contributed by atoms with Gasteiger partial charge in [-0.1, -0.05) is 43.2 Å². The van der Waals surface area contributed by atoms with Crippen LogP contribution in [0.1, 0.15) is 42.6 Å². The van der Waals surface area contributed by atoms with Gasteiger partial charge in [0, 0.05) is 6.42 Å². The highest BCUT2D eigenvalue weighted by Crippen LogP contribution is 2.21. The molecule has 0 unspecified atom stereocenters. The first kappa shape index (κ1) is 20.6. The Bertz CT molecular complexity index is 996. The Hall–Kier alpha value is -3.14. The Kier molecular flexibility index (Phi) is 7.01. The minimum atomic E-state index is -0.375. The summed E-state index contributed by atoms with van der Waals surface area (Å²) in [4.78, 5) is 13.0. The Labute approximate surface area is 172 Å². The number of nitrogens with one attached hydrogen (secondary N) is 1. The highest BCUT2D eigenvalue weighted by atomic mass is 32.1. The van der Waals surface area contributed by atoms with Crippen LogP contribution in [0.3, 0.4) is 0 Å². The summed E-state index contributed by atoms with van der Waals surface area (Å²) in [5.41, 5.74) is 1.05. The van der Waals surface area contributed by atoms with Crippen molar-refractivity contribution in [3.8, 4) is 5.75 Å². The fraction of sp³-hybridized carbons (Fsp3) is 0.368. The van der Waals surface area contributed by atoms with Gasteiger partial charge in [0.15, 0.2) is 5.82 Å². The van der Waals surface area contributed by atoms with Crippen LogP contribution in [-0.4, -0.2) is 43.4 Å². The number of ether oxygens (including phenoxy) is 1. The topological polar surface area (TPSA) is 108 Å². The third-order valence-electron chi connectivity index (χ3n) is 4.16. The first-order valence-corrected chi connectivity index (χ1v) is 10.2. The van der Waals surface area contributed by atoms with E-state index in [2.05, 4.69) is 38.0 Å². The van der Waals surface area contributed by atoms with E-state index in [1.54, 1.807) is 20.1 Å². The van der Waals surface area contributed by atoms with Crippen molar-refractivity contribution >= 4 is 34.1 Å². The number of aryl methyl sites for hydroxylation is 2. The number of benzene rings is 1. The average Bonchev–Trinajstić information content (AvgIpc) is 3.35. The predicted octanol–water partition coefficient (Wildman–Crippen LogP) is 3.21. The molecule has 3 rings (SSSR count). The zero-order valence-electron chi connectivity index (χ0n) is 16.6. The number of nitrogens with zero attached hydrogens (tertiary/aromatic N) is 6. The third-order valence-corrected chi connectivity index (χ3v) is 5.06. The monoisotopic (exact) mass is 413 g/mol. The molecular weight excluding hydrogens is 390 g/mol. The highest BCUT2D eigenvalue weighted by molar-refractivity contribution is 7.15. The number of rotatable bonds is 9.